The summed E-state index contributed by atoms with van der Waals surface area (Å²) in [5.41, 5.74) is 0.749. The second-order valence-corrected chi connectivity index (χ2v) is 9.47. The molecule has 0 aliphatic heterocycles. The lowest BCUT2D eigenvalue weighted by molar-refractivity contribution is -0.143. The van der Waals surface area contributed by atoms with E-state index in [-0.39, 0.29) is 17.1 Å². The molecule has 0 saturated heterocycles. The highest BCUT2D eigenvalue weighted by Gasteiger charge is 2.25. The van der Waals surface area contributed by atoms with Gasteiger partial charge in [0, 0.05) is 6.42 Å². The molecule has 0 spiro atoms. The first-order valence-corrected chi connectivity index (χ1v) is 11.0. The molecule has 0 aliphatic carbocycles. The molecule has 0 radical (unpaired) electrons. The van der Waals surface area contributed by atoms with Crippen LogP contribution in [0.15, 0.2) is 53.4 Å². The maximum Gasteiger partial charge on any atom is 0.408 e. The van der Waals surface area contributed by atoms with Gasteiger partial charge in [-0.3, -0.25) is 0 Å². The van der Waals surface area contributed by atoms with Crippen LogP contribution in [0, 0.1) is 6.92 Å². The maximum atomic E-state index is 12.5. The molecule has 1 atom stereocenters. The second-order valence-electron chi connectivity index (χ2n) is 7.92. The Morgan fingerprint density at radius 1 is 1.06 bits per heavy atom. The number of carbonyl (C=O) groups is 2. The van der Waals surface area contributed by atoms with Gasteiger partial charge in [-0.25, -0.2) is 9.59 Å². The van der Waals surface area contributed by atoms with Crippen LogP contribution in [-0.2, 0) is 30.8 Å². The fourth-order valence-electron chi connectivity index (χ4n) is 2.63. The van der Waals surface area contributed by atoms with Crippen LogP contribution < -0.4 is 9.50 Å². The zero-order valence-electron chi connectivity index (χ0n) is 18.2. The van der Waals surface area contributed by atoms with Crippen molar-refractivity contribution in [3.05, 3.63) is 59.7 Å². The van der Waals surface area contributed by atoms with Crippen LogP contribution in [0.2, 0.25) is 0 Å². The van der Waals surface area contributed by atoms with E-state index in [1.807, 2.05) is 6.92 Å². The van der Waals surface area contributed by atoms with Gasteiger partial charge in [-0.1, -0.05) is 29.8 Å². The molecule has 1 N–H and O–H groups in total. The van der Waals surface area contributed by atoms with Crippen LogP contribution >= 0.6 is 0 Å². The molecule has 9 heteroatoms. The third-order valence-electron chi connectivity index (χ3n) is 4.03. The molecule has 168 valence electrons. The number of alkyl carbamates (subject to hydrolysis) is 1. The van der Waals surface area contributed by atoms with Crippen molar-refractivity contribution in [1.29, 1.82) is 0 Å². The lowest BCUT2D eigenvalue weighted by Crippen LogP contribution is -2.45. The van der Waals surface area contributed by atoms with Gasteiger partial charge in [0.15, 0.2) is 0 Å². The molecule has 31 heavy (non-hydrogen) atoms. The molecule has 0 fully saturated rings. The van der Waals surface area contributed by atoms with Crippen LogP contribution in [0.5, 0.6) is 5.75 Å². The highest BCUT2D eigenvalue weighted by molar-refractivity contribution is 7.87. The van der Waals surface area contributed by atoms with Crippen LogP contribution in [0.4, 0.5) is 4.79 Å². The lowest BCUT2D eigenvalue weighted by Gasteiger charge is -2.22. The average Bonchev–Trinajstić information content (AvgIpc) is 2.65. The summed E-state index contributed by atoms with van der Waals surface area (Å²) in [5, 5.41) is 2.48. The number of aryl methyl sites for hydroxylation is 1. The van der Waals surface area contributed by atoms with Crippen molar-refractivity contribution in [2.45, 2.75) is 50.7 Å². The summed E-state index contributed by atoms with van der Waals surface area (Å²) in [4.78, 5) is 24.2. The Balaban J connectivity index is 2.17. The van der Waals surface area contributed by atoms with Crippen molar-refractivity contribution < 1.29 is 31.7 Å². The molecule has 0 aliphatic rings. The first-order chi connectivity index (χ1) is 14.4. The zero-order chi connectivity index (χ0) is 23.2. The van der Waals surface area contributed by atoms with Gasteiger partial charge in [0.1, 0.15) is 22.3 Å². The summed E-state index contributed by atoms with van der Waals surface area (Å²) in [6, 6.07) is 11.5. The molecule has 0 aromatic heterocycles. The zero-order valence-corrected chi connectivity index (χ0v) is 19.0. The molecule has 2 rings (SSSR count). The van der Waals surface area contributed by atoms with E-state index in [0.29, 0.717) is 5.56 Å². The molecular formula is C22H27NO7S. The Hall–Kier alpha value is -3.07. The third-order valence-corrected chi connectivity index (χ3v) is 5.29. The molecule has 1 unspecified atom stereocenters. The summed E-state index contributed by atoms with van der Waals surface area (Å²) in [6.07, 6.45) is -0.717. The highest BCUT2D eigenvalue weighted by atomic mass is 32.2. The molecule has 8 nitrogen and oxygen atoms in total. The van der Waals surface area contributed by atoms with Gasteiger partial charge in [0.05, 0.1) is 7.11 Å². The number of hydrogen-bond donors (Lipinski definition) is 1. The van der Waals surface area contributed by atoms with Crippen molar-refractivity contribution in [3.8, 4) is 5.75 Å². The number of carbonyl (C=O) groups excluding carboxylic acids is 2. The van der Waals surface area contributed by atoms with Gasteiger partial charge < -0.3 is 19.0 Å². The van der Waals surface area contributed by atoms with Gasteiger partial charge in [-0.05, 0) is 57.5 Å². The molecule has 0 heterocycles. The largest absolute Gasteiger partial charge is 0.467 e. The smallest absolute Gasteiger partial charge is 0.408 e. The standard InChI is InChI=1S/C22H27NO7S/c1-15-9-11-18(12-10-15)31(26,27)30-17-8-6-7-16(13-17)14-19(20(24)28-5)23-21(25)29-22(2,3)4/h6-13,19H,14H2,1-5H3,(H,23,25). The van der Waals surface area contributed by atoms with Crippen molar-refractivity contribution in [2.24, 2.45) is 0 Å². The van der Waals surface area contributed by atoms with Crippen LogP contribution in [-0.4, -0.2) is 39.2 Å². The summed E-state index contributed by atoms with van der Waals surface area (Å²) in [5.74, 6) is -0.580. The van der Waals surface area contributed by atoms with Gasteiger partial charge in [-0.15, -0.1) is 0 Å². The highest BCUT2D eigenvalue weighted by Crippen LogP contribution is 2.21. The van der Waals surface area contributed by atoms with E-state index in [1.54, 1.807) is 45.0 Å². The third kappa shape index (κ3) is 7.60. The van der Waals surface area contributed by atoms with Crippen molar-refractivity contribution in [2.75, 3.05) is 7.11 Å². The first-order valence-electron chi connectivity index (χ1n) is 9.57. The van der Waals surface area contributed by atoms with Crippen LogP contribution in [0.25, 0.3) is 0 Å². The molecule has 0 bridgehead atoms. The van der Waals surface area contributed by atoms with E-state index < -0.39 is 33.8 Å². The minimum absolute atomic E-state index is 0.0301. The number of amides is 1. The molecule has 2 aromatic rings. The van der Waals surface area contributed by atoms with E-state index in [0.717, 1.165) is 5.56 Å². The minimum Gasteiger partial charge on any atom is -0.467 e. The number of ether oxygens (including phenoxy) is 2. The minimum atomic E-state index is -4.02. The Morgan fingerprint density at radius 3 is 2.29 bits per heavy atom. The molecule has 0 saturated carbocycles. The number of methoxy groups -OCH3 is 1. The Labute approximate surface area is 182 Å². The quantitative estimate of drug-likeness (QED) is 0.510. The van der Waals surface area contributed by atoms with E-state index >= 15 is 0 Å². The number of rotatable bonds is 7. The summed E-state index contributed by atoms with van der Waals surface area (Å²) in [7, 11) is -2.81. The Bertz CT molecular complexity index is 1020. The van der Waals surface area contributed by atoms with E-state index in [4.69, 9.17) is 13.7 Å². The fraction of sp³-hybridized carbons (Fsp3) is 0.364. The van der Waals surface area contributed by atoms with E-state index in [1.165, 1.54) is 31.4 Å². The Morgan fingerprint density at radius 2 is 1.71 bits per heavy atom. The lowest BCUT2D eigenvalue weighted by atomic mass is 10.1. The van der Waals surface area contributed by atoms with E-state index in [2.05, 4.69) is 5.32 Å². The molecule has 1 amide bonds. The van der Waals surface area contributed by atoms with Gasteiger partial charge in [-0.2, -0.15) is 8.42 Å². The van der Waals surface area contributed by atoms with Gasteiger partial charge >= 0.3 is 22.2 Å². The second kappa shape index (κ2) is 9.82. The summed E-state index contributed by atoms with van der Waals surface area (Å²) >= 11 is 0. The van der Waals surface area contributed by atoms with Crippen LogP contribution in [0.1, 0.15) is 31.9 Å². The summed E-state index contributed by atoms with van der Waals surface area (Å²) < 4.78 is 40.2. The number of esters is 1. The number of nitrogens with one attached hydrogen (secondary N) is 1. The van der Waals surface area contributed by atoms with Crippen LogP contribution in [0.3, 0.4) is 0 Å². The first kappa shape index (κ1) is 24.2. The normalized spacial score (nSPS) is 12.5. The fourth-order valence-corrected chi connectivity index (χ4v) is 3.55. The molecular weight excluding hydrogens is 422 g/mol. The predicted molar refractivity (Wildman–Crippen MR) is 114 cm³/mol. The predicted octanol–water partition coefficient (Wildman–Crippen LogP) is 3.37. The topological polar surface area (TPSA) is 108 Å². The SMILES string of the molecule is COC(=O)C(Cc1cccc(OS(=O)(=O)c2ccc(C)cc2)c1)NC(=O)OC(C)(C)C. The maximum absolute atomic E-state index is 12.5. The van der Waals surface area contributed by atoms with Crippen molar-refractivity contribution in [3.63, 3.8) is 0 Å². The number of hydrogen-bond acceptors (Lipinski definition) is 7. The van der Waals surface area contributed by atoms with Crippen molar-refractivity contribution in [1.82, 2.24) is 5.32 Å². The van der Waals surface area contributed by atoms with E-state index in [9.17, 15) is 18.0 Å². The Kier molecular flexibility index (Phi) is 7.67. The number of benzene rings is 2. The van der Waals surface area contributed by atoms with Gasteiger partial charge in [0.2, 0.25) is 0 Å². The monoisotopic (exact) mass is 449 g/mol. The molecule has 2 aromatic carbocycles. The van der Waals surface area contributed by atoms with Crippen molar-refractivity contribution >= 4 is 22.2 Å². The summed E-state index contributed by atoms with van der Waals surface area (Å²) in [6.45, 7) is 6.96. The van der Waals surface area contributed by atoms with Gasteiger partial charge in [0.25, 0.3) is 0 Å². The average molecular weight is 450 g/mol.